The van der Waals surface area contributed by atoms with Crippen molar-refractivity contribution in [2.45, 2.75) is 13.1 Å². The lowest BCUT2D eigenvalue weighted by atomic mass is 10.1. The molecule has 20 heavy (non-hydrogen) atoms. The van der Waals surface area contributed by atoms with Crippen LogP contribution in [-0.2, 0) is 0 Å². The van der Waals surface area contributed by atoms with Gasteiger partial charge in [0.1, 0.15) is 17.3 Å². The standard InChI is InChI=1S/C15H16F2N2O/c1-9-7-10(3-4-11(9)16)15-14(20-2)6-5-13(19-15)12(17)8-18/h3-7,12H,8,18H2,1-2H3. The summed E-state index contributed by atoms with van der Waals surface area (Å²) in [4.78, 5) is 4.25. The van der Waals surface area contributed by atoms with E-state index in [0.29, 0.717) is 22.6 Å². The number of rotatable bonds is 4. The van der Waals surface area contributed by atoms with Crippen molar-refractivity contribution in [2.24, 2.45) is 5.73 Å². The van der Waals surface area contributed by atoms with Crippen molar-refractivity contribution >= 4 is 0 Å². The lowest BCUT2D eigenvalue weighted by molar-refractivity contribution is 0.344. The van der Waals surface area contributed by atoms with Crippen molar-refractivity contribution in [2.75, 3.05) is 13.7 Å². The highest BCUT2D eigenvalue weighted by Crippen LogP contribution is 2.31. The first-order valence-corrected chi connectivity index (χ1v) is 6.22. The van der Waals surface area contributed by atoms with Crippen LogP contribution in [0.25, 0.3) is 11.3 Å². The number of methoxy groups -OCH3 is 1. The first kappa shape index (κ1) is 14.4. The van der Waals surface area contributed by atoms with Crippen LogP contribution in [-0.4, -0.2) is 18.6 Å². The minimum absolute atomic E-state index is 0.138. The summed E-state index contributed by atoms with van der Waals surface area (Å²) in [5.74, 6) is 0.207. The third-order valence-corrected chi connectivity index (χ3v) is 3.06. The first-order valence-electron chi connectivity index (χ1n) is 6.22. The van der Waals surface area contributed by atoms with Crippen molar-refractivity contribution in [3.63, 3.8) is 0 Å². The van der Waals surface area contributed by atoms with Crippen LogP contribution >= 0.6 is 0 Å². The molecular weight excluding hydrogens is 262 g/mol. The summed E-state index contributed by atoms with van der Waals surface area (Å²) in [6, 6.07) is 7.77. The SMILES string of the molecule is COc1ccc(C(F)CN)nc1-c1ccc(F)c(C)c1. The van der Waals surface area contributed by atoms with E-state index in [1.165, 1.54) is 19.2 Å². The molecule has 0 saturated heterocycles. The van der Waals surface area contributed by atoms with Gasteiger partial charge < -0.3 is 10.5 Å². The normalized spacial score (nSPS) is 12.2. The van der Waals surface area contributed by atoms with E-state index >= 15 is 0 Å². The van der Waals surface area contributed by atoms with Crippen molar-refractivity contribution in [1.29, 1.82) is 0 Å². The van der Waals surface area contributed by atoms with Crippen LogP contribution in [0.2, 0.25) is 0 Å². The second-order valence-corrected chi connectivity index (χ2v) is 4.45. The number of hydrogen-bond acceptors (Lipinski definition) is 3. The van der Waals surface area contributed by atoms with Gasteiger partial charge in [-0.2, -0.15) is 0 Å². The van der Waals surface area contributed by atoms with E-state index in [0.717, 1.165) is 0 Å². The van der Waals surface area contributed by atoms with Gasteiger partial charge in [0.25, 0.3) is 0 Å². The minimum Gasteiger partial charge on any atom is -0.494 e. The maximum atomic E-state index is 13.7. The van der Waals surface area contributed by atoms with Gasteiger partial charge in [0.2, 0.25) is 0 Å². The van der Waals surface area contributed by atoms with Crippen LogP contribution in [0.5, 0.6) is 5.75 Å². The Morgan fingerprint density at radius 2 is 2.05 bits per heavy atom. The molecule has 0 fully saturated rings. The number of hydrogen-bond donors (Lipinski definition) is 1. The van der Waals surface area contributed by atoms with Crippen LogP contribution in [0.15, 0.2) is 30.3 Å². The van der Waals surface area contributed by atoms with Crippen molar-refractivity contribution < 1.29 is 13.5 Å². The lowest BCUT2D eigenvalue weighted by Gasteiger charge is -2.12. The van der Waals surface area contributed by atoms with E-state index in [-0.39, 0.29) is 18.1 Å². The maximum absolute atomic E-state index is 13.7. The zero-order valence-corrected chi connectivity index (χ0v) is 11.4. The van der Waals surface area contributed by atoms with Gasteiger partial charge in [-0.25, -0.2) is 13.8 Å². The van der Waals surface area contributed by atoms with Gasteiger partial charge in [0.05, 0.1) is 12.8 Å². The molecule has 106 valence electrons. The molecule has 0 saturated carbocycles. The fourth-order valence-electron chi connectivity index (χ4n) is 1.92. The van der Waals surface area contributed by atoms with Gasteiger partial charge in [0.15, 0.2) is 6.17 Å². The molecule has 0 bridgehead atoms. The van der Waals surface area contributed by atoms with Crippen molar-refractivity contribution in [3.8, 4) is 17.0 Å². The molecule has 0 aliphatic heterocycles. The molecule has 0 spiro atoms. The number of aryl methyl sites for hydroxylation is 1. The average Bonchev–Trinajstić information content (AvgIpc) is 2.48. The van der Waals surface area contributed by atoms with Crippen LogP contribution in [0.4, 0.5) is 8.78 Å². The Morgan fingerprint density at radius 1 is 1.30 bits per heavy atom. The van der Waals surface area contributed by atoms with Gasteiger partial charge in [-0.1, -0.05) is 0 Å². The van der Waals surface area contributed by atoms with Crippen molar-refractivity contribution in [1.82, 2.24) is 4.98 Å². The third-order valence-electron chi connectivity index (χ3n) is 3.06. The monoisotopic (exact) mass is 278 g/mol. The van der Waals surface area contributed by atoms with E-state index in [1.807, 2.05) is 0 Å². The zero-order valence-electron chi connectivity index (χ0n) is 11.4. The molecule has 0 radical (unpaired) electrons. The summed E-state index contributed by atoms with van der Waals surface area (Å²) in [5, 5.41) is 0. The number of nitrogens with two attached hydrogens (primary N) is 1. The fraction of sp³-hybridized carbons (Fsp3) is 0.267. The molecule has 2 aromatic rings. The van der Waals surface area contributed by atoms with Crippen LogP contribution in [0, 0.1) is 12.7 Å². The lowest BCUT2D eigenvalue weighted by Crippen LogP contribution is -2.09. The fourth-order valence-corrected chi connectivity index (χ4v) is 1.92. The van der Waals surface area contributed by atoms with Crippen LogP contribution < -0.4 is 10.5 Å². The third kappa shape index (κ3) is 2.77. The molecule has 1 heterocycles. The highest BCUT2D eigenvalue weighted by atomic mass is 19.1. The maximum Gasteiger partial charge on any atom is 0.154 e. The van der Waals surface area contributed by atoms with E-state index in [9.17, 15) is 8.78 Å². The van der Waals surface area contributed by atoms with Gasteiger partial charge in [-0.3, -0.25) is 0 Å². The number of nitrogens with zero attached hydrogens (tertiary/aromatic N) is 1. The Hall–Kier alpha value is -2.01. The van der Waals surface area contributed by atoms with E-state index in [2.05, 4.69) is 4.98 Å². The Bertz CT molecular complexity index is 617. The molecule has 5 heteroatoms. The van der Waals surface area contributed by atoms with Gasteiger partial charge in [-0.15, -0.1) is 0 Å². The zero-order chi connectivity index (χ0) is 14.7. The second-order valence-electron chi connectivity index (χ2n) is 4.45. The second kappa shape index (κ2) is 5.96. The molecule has 3 nitrogen and oxygen atoms in total. The largest absolute Gasteiger partial charge is 0.494 e. The number of benzene rings is 1. The molecule has 1 aromatic carbocycles. The minimum atomic E-state index is -1.33. The van der Waals surface area contributed by atoms with E-state index in [1.54, 1.807) is 25.1 Å². The molecule has 2 N–H and O–H groups in total. The number of ether oxygens (including phenoxy) is 1. The van der Waals surface area contributed by atoms with E-state index < -0.39 is 6.17 Å². The molecule has 0 aliphatic rings. The van der Waals surface area contributed by atoms with Gasteiger partial charge in [0, 0.05) is 12.1 Å². The van der Waals surface area contributed by atoms with Crippen LogP contribution in [0.3, 0.4) is 0 Å². The molecule has 2 rings (SSSR count). The quantitative estimate of drug-likeness (QED) is 0.934. The molecular formula is C15H16F2N2O. The Balaban J connectivity index is 2.54. The number of alkyl halides is 1. The smallest absolute Gasteiger partial charge is 0.154 e. The Kier molecular flexibility index (Phi) is 4.29. The molecule has 1 atom stereocenters. The Labute approximate surface area is 116 Å². The summed E-state index contributed by atoms with van der Waals surface area (Å²) < 4.78 is 32.2. The summed E-state index contributed by atoms with van der Waals surface area (Å²) in [7, 11) is 1.51. The number of halogens is 2. The summed E-state index contributed by atoms with van der Waals surface area (Å²) >= 11 is 0. The summed E-state index contributed by atoms with van der Waals surface area (Å²) in [5.41, 5.74) is 7.19. The summed E-state index contributed by atoms with van der Waals surface area (Å²) in [6.07, 6.45) is -1.33. The molecule has 0 amide bonds. The Morgan fingerprint density at radius 3 is 2.65 bits per heavy atom. The predicted octanol–water partition coefficient (Wildman–Crippen LogP) is 3.17. The van der Waals surface area contributed by atoms with Crippen molar-refractivity contribution in [3.05, 3.63) is 47.4 Å². The molecule has 1 unspecified atom stereocenters. The topological polar surface area (TPSA) is 48.1 Å². The summed E-state index contributed by atoms with van der Waals surface area (Å²) in [6.45, 7) is 1.52. The molecule has 0 aliphatic carbocycles. The predicted molar refractivity (Wildman–Crippen MR) is 73.8 cm³/mol. The highest BCUT2D eigenvalue weighted by Gasteiger charge is 2.15. The molecule has 1 aromatic heterocycles. The average molecular weight is 278 g/mol. The van der Waals surface area contributed by atoms with Crippen LogP contribution in [0.1, 0.15) is 17.4 Å². The number of pyridine rings is 1. The van der Waals surface area contributed by atoms with Gasteiger partial charge >= 0.3 is 0 Å². The van der Waals surface area contributed by atoms with Gasteiger partial charge in [-0.05, 0) is 42.8 Å². The van der Waals surface area contributed by atoms with E-state index in [4.69, 9.17) is 10.5 Å². The number of aromatic nitrogens is 1. The first-order chi connectivity index (χ1) is 9.56. The highest BCUT2D eigenvalue weighted by molar-refractivity contribution is 5.67.